The predicted octanol–water partition coefficient (Wildman–Crippen LogP) is 1.96. The van der Waals surface area contributed by atoms with E-state index in [4.69, 9.17) is 9.47 Å². The van der Waals surface area contributed by atoms with Crippen molar-refractivity contribution in [2.75, 3.05) is 5.33 Å². The zero-order chi connectivity index (χ0) is 9.35. The van der Waals surface area contributed by atoms with Gasteiger partial charge in [-0.3, -0.25) is 0 Å². The first kappa shape index (κ1) is 9.58. The molecular formula is C8H11BrO3. The maximum absolute atomic E-state index is 11.3. The highest BCUT2D eigenvalue weighted by molar-refractivity contribution is 9.09. The van der Waals surface area contributed by atoms with Crippen molar-refractivity contribution in [3.8, 4) is 0 Å². The fourth-order valence-electron chi connectivity index (χ4n) is 1.03. The third kappa shape index (κ3) is 1.80. The Morgan fingerprint density at radius 1 is 1.42 bits per heavy atom. The molecule has 1 aliphatic heterocycles. The minimum atomic E-state index is -0.827. The fourth-order valence-corrected chi connectivity index (χ4v) is 1.65. The number of carbonyl (C=O) groups excluding carboxylic acids is 1. The lowest BCUT2D eigenvalue weighted by Gasteiger charge is -2.31. The molecule has 1 heterocycles. The van der Waals surface area contributed by atoms with E-state index in [1.807, 2.05) is 0 Å². The molecule has 0 saturated heterocycles. The van der Waals surface area contributed by atoms with Crippen LogP contribution in [0.25, 0.3) is 0 Å². The highest BCUT2D eigenvalue weighted by Gasteiger charge is 2.33. The van der Waals surface area contributed by atoms with Crippen LogP contribution in [0, 0.1) is 0 Å². The summed E-state index contributed by atoms with van der Waals surface area (Å²) in [6.45, 7) is 5.18. The van der Waals surface area contributed by atoms with Crippen molar-refractivity contribution in [3.05, 3.63) is 11.3 Å². The molecule has 0 atom stereocenters. The van der Waals surface area contributed by atoms with E-state index in [0.29, 0.717) is 16.7 Å². The average Bonchev–Trinajstić information content (AvgIpc) is 1.82. The summed E-state index contributed by atoms with van der Waals surface area (Å²) in [5.41, 5.74) is 0.550. The van der Waals surface area contributed by atoms with Gasteiger partial charge in [0.2, 0.25) is 5.79 Å². The van der Waals surface area contributed by atoms with E-state index >= 15 is 0 Å². The minimum absolute atomic E-state index is 0.305. The number of alkyl halides is 1. The van der Waals surface area contributed by atoms with Crippen LogP contribution in [0.1, 0.15) is 20.8 Å². The van der Waals surface area contributed by atoms with Gasteiger partial charge >= 0.3 is 5.97 Å². The van der Waals surface area contributed by atoms with Gasteiger partial charge in [-0.2, -0.15) is 0 Å². The smallest absolute Gasteiger partial charge is 0.341 e. The number of rotatable bonds is 1. The molecule has 0 aliphatic carbocycles. The topological polar surface area (TPSA) is 35.5 Å². The van der Waals surface area contributed by atoms with Crippen molar-refractivity contribution < 1.29 is 14.3 Å². The van der Waals surface area contributed by atoms with E-state index in [-0.39, 0.29) is 5.97 Å². The van der Waals surface area contributed by atoms with E-state index in [1.54, 1.807) is 20.8 Å². The molecule has 12 heavy (non-hydrogen) atoms. The van der Waals surface area contributed by atoms with Crippen LogP contribution in [0.15, 0.2) is 11.3 Å². The van der Waals surface area contributed by atoms with Gasteiger partial charge in [-0.25, -0.2) is 4.79 Å². The quantitative estimate of drug-likeness (QED) is 0.514. The second kappa shape index (κ2) is 3.09. The van der Waals surface area contributed by atoms with Crippen LogP contribution in [-0.4, -0.2) is 17.1 Å². The van der Waals surface area contributed by atoms with Crippen LogP contribution in [0.2, 0.25) is 0 Å². The van der Waals surface area contributed by atoms with Crippen LogP contribution in [0.3, 0.4) is 0 Å². The first-order valence-electron chi connectivity index (χ1n) is 3.64. The van der Waals surface area contributed by atoms with Crippen LogP contribution in [-0.2, 0) is 14.3 Å². The van der Waals surface area contributed by atoms with Crippen molar-refractivity contribution >= 4 is 21.9 Å². The zero-order valence-electron chi connectivity index (χ0n) is 7.31. The number of ether oxygens (including phenoxy) is 2. The van der Waals surface area contributed by atoms with Gasteiger partial charge in [-0.05, 0) is 6.92 Å². The van der Waals surface area contributed by atoms with Crippen molar-refractivity contribution in [1.82, 2.24) is 0 Å². The third-order valence-electron chi connectivity index (χ3n) is 1.54. The number of hydrogen-bond acceptors (Lipinski definition) is 3. The highest BCUT2D eigenvalue weighted by Crippen LogP contribution is 2.26. The van der Waals surface area contributed by atoms with Crippen molar-refractivity contribution in [3.63, 3.8) is 0 Å². The zero-order valence-corrected chi connectivity index (χ0v) is 8.90. The molecule has 0 radical (unpaired) electrons. The van der Waals surface area contributed by atoms with E-state index in [9.17, 15) is 4.79 Å². The normalized spacial score (nSPS) is 21.8. The molecule has 4 heteroatoms. The number of allylic oxidation sites excluding steroid dienone is 1. The Labute approximate surface area is 79.9 Å². The second-order valence-corrected chi connectivity index (χ2v) is 3.62. The lowest BCUT2D eigenvalue weighted by Crippen LogP contribution is -2.36. The molecule has 0 saturated carbocycles. The maximum Gasteiger partial charge on any atom is 0.341 e. The van der Waals surface area contributed by atoms with Gasteiger partial charge in [-0.1, -0.05) is 15.9 Å². The van der Waals surface area contributed by atoms with Gasteiger partial charge < -0.3 is 9.47 Å². The van der Waals surface area contributed by atoms with Crippen molar-refractivity contribution in [2.45, 2.75) is 26.6 Å². The van der Waals surface area contributed by atoms with E-state index < -0.39 is 5.79 Å². The maximum atomic E-state index is 11.3. The van der Waals surface area contributed by atoms with E-state index in [1.165, 1.54) is 0 Å². The molecular weight excluding hydrogens is 224 g/mol. The monoisotopic (exact) mass is 234 g/mol. The number of hydrogen-bond donors (Lipinski definition) is 0. The van der Waals surface area contributed by atoms with Crippen LogP contribution >= 0.6 is 15.9 Å². The molecule has 0 N–H and O–H groups in total. The molecule has 3 nitrogen and oxygen atoms in total. The molecule has 1 aliphatic rings. The van der Waals surface area contributed by atoms with Crippen molar-refractivity contribution in [2.24, 2.45) is 0 Å². The van der Waals surface area contributed by atoms with Gasteiger partial charge in [0, 0.05) is 19.2 Å². The Kier molecular flexibility index (Phi) is 2.46. The summed E-state index contributed by atoms with van der Waals surface area (Å²) < 4.78 is 10.4. The summed E-state index contributed by atoms with van der Waals surface area (Å²) in [6.07, 6.45) is 0. The fraction of sp³-hybridized carbons (Fsp3) is 0.625. The first-order valence-corrected chi connectivity index (χ1v) is 4.76. The van der Waals surface area contributed by atoms with Crippen LogP contribution in [0.4, 0.5) is 0 Å². The Hall–Kier alpha value is -0.510. The van der Waals surface area contributed by atoms with Crippen LogP contribution in [0.5, 0.6) is 0 Å². The van der Waals surface area contributed by atoms with E-state index in [2.05, 4.69) is 15.9 Å². The van der Waals surface area contributed by atoms with Gasteiger partial charge in [0.25, 0.3) is 0 Å². The van der Waals surface area contributed by atoms with Gasteiger partial charge in [0.15, 0.2) is 0 Å². The molecule has 0 fully saturated rings. The first-order chi connectivity index (χ1) is 5.46. The highest BCUT2D eigenvalue weighted by atomic mass is 79.9. The molecule has 0 aromatic heterocycles. The Morgan fingerprint density at radius 2 is 2.00 bits per heavy atom. The van der Waals surface area contributed by atoms with Gasteiger partial charge in [0.1, 0.15) is 5.76 Å². The second-order valence-electron chi connectivity index (χ2n) is 3.06. The standard InChI is InChI=1S/C8H11BrO3/c1-5-6(4-9)7(10)12-8(2,3)11-5/h4H2,1-3H3. The molecule has 0 unspecified atom stereocenters. The number of esters is 1. The Bertz CT molecular complexity index is 243. The molecule has 0 amide bonds. The molecule has 68 valence electrons. The summed E-state index contributed by atoms with van der Waals surface area (Å²) in [5.74, 6) is -0.499. The van der Waals surface area contributed by atoms with Gasteiger partial charge in [0.05, 0.1) is 5.57 Å². The average molecular weight is 235 g/mol. The molecule has 0 aromatic carbocycles. The lowest BCUT2D eigenvalue weighted by atomic mass is 10.2. The number of carbonyl (C=O) groups is 1. The van der Waals surface area contributed by atoms with Crippen LogP contribution < -0.4 is 0 Å². The largest absolute Gasteiger partial charge is 0.457 e. The summed E-state index contributed by atoms with van der Waals surface area (Å²) in [5, 5.41) is 0.466. The van der Waals surface area contributed by atoms with Crippen molar-refractivity contribution in [1.29, 1.82) is 0 Å². The summed E-state index contributed by atoms with van der Waals surface area (Å²) in [6, 6.07) is 0. The molecule has 1 rings (SSSR count). The summed E-state index contributed by atoms with van der Waals surface area (Å²) in [7, 11) is 0. The summed E-state index contributed by atoms with van der Waals surface area (Å²) >= 11 is 3.19. The summed E-state index contributed by atoms with van der Waals surface area (Å²) in [4.78, 5) is 11.3. The lowest BCUT2D eigenvalue weighted by molar-refractivity contribution is -0.206. The van der Waals surface area contributed by atoms with Gasteiger partial charge in [-0.15, -0.1) is 0 Å². The predicted molar refractivity (Wildman–Crippen MR) is 47.8 cm³/mol. The molecule has 0 spiro atoms. The Morgan fingerprint density at radius 3 is 2.42 bits per heavy atom. The third-order valence-corrected chi connectivity index (χ3v) is 2.10. The van der Waals surface area contributed by atoms with E-state index in [0.717, 1.165) is 0 Å². The molecule has 0 aromatic rings. The number of cyclic esters (lactones) is 1. The SMILES string of the molecule is CC1=C(CBr)C(=O)OC(C)(C)O1. The Balaban J connectivity index is 2.95. The number of halogens is 1. The molecule has 0 bridgehead atoms. The minimum Gasteiger partial charge on any atom is -0.457 e.